The quantitative estimate of drug-likeness (QED) is 0.359. The minimum atomic E-state index is -3.78. The van der Waals surface area contributed by atoms with E-state index in [1.165, 1.54) is 24.2 Å². The van der Waals surface area contributed by atoms with E-state index in [1.807, 2.05) is 0 Å². The number of hydrogen-bond acceptors (Lipinski definition) is 7. The molecule has 2 aromatic carbocycles. The number of carbonyl (C=O) groups is 1. The summed E-state index contributed by atoms with van der Waals surface area (Å²) in [7, 11) is -3.78. The number of hydrazone groups is 1. The van der Waals surface area contributed by atoms with Gasteiger partial charge in [0.05, 0.1) is 19.4 Å². The number of carbonyl (C=O) groups excluding carboxylic acids is 1. The summed E-state index contributed by atoms with van der Waals surface area (Å²) >= 11 is 0. The van der Waals surface area contributed by atoms with Gasteiger partial charge in [0.2, 0.25) is 0 Å². The normalized spacial score (nSPS) is 14.7. The van der Waals surface area contributed by atoms with Crippen LogP contribution < -0.4 is 4.74 Å². The van der Waals surface area contributed by atoms with Gasteiger partial charge in [0.1, 0.15) is 10.6 Å². The molecule has 1 aliphatic heterocycles. The third kappa shape index (κ3) is 4.21. The highest BCUT2D eigenvalue weighted by molar-refractivity contribution is 7.90. The van der Waals surface area contributed by atoms with Gasteiger partial charge >= 0.3 is 5.97 Å². The maximum atomic E-state index is 12.2. The molecular formula is C18H17N3O5S. The number of rotatable bonds is 5. The van der Waals surface area contributed by atoms with Gasteiger partial charge in [-0.15, -0.1) is 4.40 Å². The molecule has 8 nitrogen and oxygen atoms in total. The number of nitrogens with zero attached hydrogens (tertiary/aromatic N) is 3. The van der Waals surface area contributed by atoms with Crippen molar-refractivity contribution in [2.75, 3.05) is 13.2 Å². The van der Waals surface area contributed by atoms with E-state index in [9.17, 15) is 18.3 Å². The standard InChI is InChI=1S/C18H17N3O5S/c1-13(23)26-15-8-6-14(7-9-15)12-19-21(10-11-22)18-16-4-2-3-5-17(16)27(24,25)20-18/h2-9,12,22H,10-11H2,1H3/b19-12-. The van der Waals surface area contributed by atoms with Crippen LogP contribution in [0.25, 0.3) is 0 Å². The molecule has 0 spiro atoms. The lowest BCUT2D eigenvalue weighted by molar-refractivity contribution is -0.131. The number of amidine groups is 1. The molecule has 0 aliphatic carbocycles. The molecule has 0 unspecified atom stereocenters. The van der Waals surface area contributed by atoms with Crippen molar-refractivity contribution >= 4 is 28.0 Å². The molecule has 1 heterocycles. The maximum absolute atomic E-state index is 12.2. The van der Waals surface area contributed by atoms with Crippen LogP contribution in [0.3, 0.4) is 0 Å². The van der Waals surface area contributed by atoms with Crippen molar-refractivity contribution in [3.63, 3.8) is 0 Å². The first kappa shape index (κ1) is 18.7. The summed E-state index contributed by atoms with van der Waals surface area (Å²) in [5, 5.41) is 14.9. The van der Waals surface area contributed by atoms with Gasteiger partial charge in [0, 0.05) is 12.5 Å². The number of aliphatic hydroxyl groups is 1. The first-order chi connectivity index (χ1) is 12.9. The SMILES string of the molecule is CC(=O)Oc1ccc(/C=N\N(CCO)C2=NS(=O)(=O)c3ccccc32)cc1. The van der Waals surface area contributed by atoms with Crippen LogP contribution in [0.4, 0.5) is 0 Å². The van der Waals surface area contributed by atoms with Crippen molar-refractivity contribution in [1.29, 1.82) is 0 Å². The van der Waals surface area contributed by atoms with Gasteiger partial charge < -0.3 is 9.84 Å². The topological polar surface area (TPSA) is 109 Å². The zero-order valence-corrected chi connectivity index (χ0v) is 15.3. The van der Waals surface area contributed by atoms with Crippen LogP contribution in [-0.4, -0.2) is 49.7 Å². The number of ether oxygens (including phenoxy) is 1. The van der Waals surface area contributed by atoms with E-state index in [4.69, 9.17) is 4.74 Å². The fourth-order valence-corrected chi connectivity index (χ4v) is 3.72. The van der Waals surface area contributed by atoms with E-state index in [2.05, 4.69) is 9.50 Å². The lowest BCUT2D eigenvalue weighted by Gasteiger charge is -2.17. The van der Waals surface area contributed by atoms with Crippen LogP contribution in [0.15, 0.2) is 62.9 Å². The summed E-state index contributed by atoms with van der Waals surface area (Å²) in [6.07, 6.45) is 1.50. The van der Waals surface area contributed by atoms with Gasteiger partial charge in [-0.3, -0.25) is 4.79 Å². The summed E-state index contributed by atoms with van der Waals surface area (Å²) < 4.78 is 33.2. The van der Waals surface area contributed by atoms with Gasteiger partial charge in [-0.1, -0.05) is 12.1 Å². The molecule has 0 fully saturated rings. The Kier molecular flexibility index (Phi) is 5.33. The van der Waals surface area contributed by atoms with E-state index in [0.717, 1.165) is 0 Å². The second kappa shape index (κ2) is 7.68. The van der Waals surface area contributed by atoms with Crippen molar-refractivity contribution in [3.05, 3.63) is 59.7 Å². The van der Waals surface area contributed by atoms with Crippen molar-refractivity contribution < 1.29 is 23.1 Å². The average Bonchev–Trinajstić information content (AvgIpc) is 2.91. The Morgan fingerprint density at radius 2 is 1.93 bits per heavy atom. The number of aliphatic hydroxyl groups excluding tert-OH is 1. The van der Waals surface area contributed by atoms with Crippen LogP contribution in [-0.2, 0) is 14.8 Å². The Morgan fingerprint density at radius 3 is 2.59 bits per heavy atom. The van der Waals surface area contributed by atoms with E-state index in [0.29, 0.717) is 16.9 Å². The first-order valence-corrected chi connectivity index (χ1v) is 9.50. The molecule has 9 heteroatoms. The molecule has 1 aliphatic rings. The molecule has 140 valence electrons. The van der Waals surface area contributed by atoms with E-state index >= 15 is 0 Å². The van der Waals surface area contributed by atoms with Crippen molar-refractivity contribution in [3.8, 4) is 5.75 Å². The molecule has 1 N–H and O–H groups in total. The van der Waals surface area contributed by atoms with E-state index in [-0.39, 0.29) is 23.9 Å². The third-order valence-electron chi connectivity index (χ3n) is 3.66. The van der Waals surface area contributed by atoms with Gasteiger partial charge in [0.15, 0.2) is 5.84 Å². The first-order valence-electron chi connectivity index (χ1n) is 8.06. The highest BCUT2D eigenvalue weighted by Crippen LogP contribution is 2.27. The Bertz CT molecular complexity index is 1010. The average molecular weight is 387 g/mol. The lowest BCUT2D eigenvalue weighted by Crippen LogP contribution is -2.28. The zero-order chi connectivity index (χ0) is 19.4. The zero-order valence-electron chi connectivity index (χ0n) is 14.4. The minimum absolute atomic E-state index is 0.0741. The molecule has 0 saturated carbocycles. The summed E-state index contributed by atoms with van der Waals surface area (Å²) in [5.41, 5.74) is 1.14. The molecular weight excluding hydrogens is 370 g/mol. The Hall–Kier alpha value is -3.04. The predicted molar refractivity (Wildman–Crippen MR) is 99.3 cm³/mol. The lowest BCUT2D eigenvalue weighted by atomic mass is 10.2. The molecule has 0 aromatic heterocycles. The summed E-state index contributed by atoms with van der Waals surface area (Å²) in [5.74, 6) is 0.157. The summed E-state index contributed by atoms with van der Waals surface area (Å²) in [6.45, 7) is 1.16. The number of hydrogen-bond donors (Lipinski definition) is 1. The summed E-state index contributed by atoms with van der Waals surface area (Å²) in [6, 6.07) is 13.1. The van der Waals surface area contributed by atoms with Crippen molar-refractivity contribution in [2.24, 2.45) is 9.50 Å². The monoisotopic (exact) mass is 387 g/mol. The third-order valence-corrected chi connectivity index (χ3v) is 4.98. The molecule has 0 atom stereocenters. The smallest absolute Gasteiger partial charge is 0.308 e. The van der Waals surface area contributed by atoms with Crippen LogP contribution in [0.1, 0.15) is 18.1 Å². The Balaban J connectivity index is 1.87. The maximum Gasteiger partial charge on any atom is 0.308 e. The number of esters is 1. The number of benzene rings is 2. The predicted octanol–water partition coefficient (Wildman–Crippen LogP) is 1.39. The number of fused-ring (bicyclic) bond motifs is 1. The minimum Gasteiger partial charge on any atom is -0.427 e. The molecule has 3 rings (SSSR count). The van der Waals surface area contributed by atoms with Gasteiger partial charge in [0.25, 0.3) is 10.0 Å². The van der Waals surface area contributed by atoms with Crippen molar-refractivity contribution in [1.82, 2.24) is 5.01 Å². The highest BCUT2D eigenvalue weighted by atomic mass is 32.2. The number of sulfonamides is 1. The Morgan fingerprint density at radius 1 is 1.22 bits per heavy atom. The van der Waals surface area contributed by atoms with Gasteiger partial charge in [-0.2, -0.15) is 13.5 Å². The highest BCUT2D eigenvalue weighted by Gasteiger charge is 2.31. The molecule has 27 heavy (non-hydrogen) atoms. The fourth-order valence-electron chi connectivity index (χ4n) is 2.51. The second-order valence-electron chi connectivity index (χ2n) is 5.64. The molecule has 0 saturated heterocycles. The molecule has 2 aromatic rings. The van der Waals surface area contributed by atoms with Crippen LogP contribution in [0.5, 0.6) is 5.75 Å². The molecule has 0 amide bonds. The largest absolute Gasteiger partial charge is 0.427 e. The van der Waals surface area contributed by atoms with E-state index in [1.54, 1.807) is 42.5 Å². The second-order valence-corrected chi connectivity index (χ2v) is 7.21. The van der Waals surface area contributed by atoms with Crippen molar-refractivity contribution in [2.45, 2.75) is 11.8 Å². The summed E-state index contributed by atoms with van der Waals surface area (Å²) in [4.78, 5) is 11.1. The van der Waals surface area contributed by atoms with Crippen LogP contribution in [0, 0.1) is 0 Å². The van der Waals surface area contributed by atoms with Crippen LogP contribution >= 0.6 is 0 Å². The molecule has 0 bridgehead atoms. The van der Waals surface area contributed by atoms with Gasteiger partial charge in [-0.25, -0.2) is 5.01 Å². The van der Waals surface area contributed by atoms with Gasteiger partial charge in [-0.05, 0) is 42.0 Å². The van der Waals surface area contributed by atoms with Crippen LogP contribution in [0.2, 0.25) is 0 Å². The molecule has 0 radical (unpaired) electrons. The fraction of sp³-hybridized carbons (Fsp3) is 0.167. The Labute approximate surface area is 156 Å². The van der Waals surface area contributed by atoms with E-state index < -0.39 is 16.0 Å².